The first-order chi connectivity index (χ1) is 9.14. The predicted octanol–water partition coefficient (Wildman–Crippen LogP) is 1.67. The Kier molecular flexibility index (Phi) is 3.39. The van der Waals surface area contributed by atoms with Gasteiger partial charge in [0.1, 0.15) is 0 Å². The summed E-state index contributed by atoms with van der Waals surface area (Å²) < 4.78 is 23.3. The standard InChI is InChI=1S/C14H20N2O2S/c17-19(18)9-2-7-16(8-10-19)13-5-4-12-3-1-6-15-14(12)11-13/h4-5,11,15H,1-3,6-10H2. The first-order valence-electron chi connectivity index (χ1n) is 6.96. The Morgan fingerprint density at radius 2 is 2.00 bits per heavy atom. The Bertz CT molecular complexity index is 569. The number of fused-ring (bicyclic) bond motifs is 1. The molecule has 0 radical (unpaired) electrons. The molecule has 2 aliphatic heterocycles. The van der Waals surface area contributed by atoms with E-state index >= 15 is 0 Å². The van der Waals surface area contributed by atoms with Crippen LogP contribution < -0.4 is 10.2 Å². The molecule has 0 aromatic heterocycles. The van der Waals surface area contributed by atoms with E-state index < -0.39 is 9.84 Å². The van der Waals surface area contributed by atoms with Gasteiger partial charge in [0.25, 0.3) is 0 Å². The number of nitrogens with one attached hydrogen (secondary N) is 1. The fourth-order valence-corrected chi connectivity index (χ4v) is 4.11. The number of anilines is 2. The second-order valence-electron chi connectivity index (χ2n) is 5.36. The zero-order valence-electron chi connectivity index (χ0n) is 11.1. The average Bonchev–Trinajstić information content (AvgIpc) is 2.59. The zero-order valence-corrected chi connectivity index (χ0v) is 11.9. The second kappa shape index (κ2) is 5.04. The van der Waals surface area contributed by atoms with Crippen LogP contribution in [0.5, 0.6) is 0 Å². The van der Waals surface area contributed by atoms with Crippen LogP contribution in [0.1, 0.15) is 18.4 Å². The number of sulfone groups is 1. The molecule has 0 bridgehead atoms. The number of aryl methyl sites for hydroxylation is 1. The third kappa shape index (κ3) is 2.86. The molecule has 4 nitrogen and oxygen atoms in total. The van der Waals surface area contributed by atoms with Gasteiger partial charge in [0.2, 0.25) is 0 Å². The van der Waals surface area contributed by atoms with Gasteiger partial charge in [-0.2, -0.15) is 0 Å². The molecule has 0 unspecified atom stereocenters. The van der Waals surface area contributed by atoms with Gasteiger partial charge in [0, 0.05) is 31.0 Å². The fourth-order valence-electron chi connectivity index (χ4n) is 2.84. The largest absolute Gasteiger partial charge is 0.385 e. The highest BCUT2D eigenvalue weighted by Crippen LogP contribution is 2.28. The van der Waals surface area contributed by atoms with Gasteiger partial charge < -0.3 is 10.2 Å². The van der Waals surface area contributed by atoms with Crippen molar-refractivity contribution in [2.75, 3.05) is 41.4 Å². The van der Waals surface area contributed by atoms with E-state index in [4.69, 9.17) is 0 Å². The highest BCUT2D eigenvalue weighted by Gasteiger charge is 2.20. The molecule has 0 amide bonds. The van der Waals surface area contributed by atoms with Crippen molar-refractivity contribution in [1.82, 2.24) is 0 Å². The van der Waals surface area contributed by atoms with Gasteiger partial charge in [-0.05, 0) is 37.0 Å². The zero-order chi connectivity index (χ0) is 13.3. The molecular weight excluding hydrogens is 260 g/mol. The number of rotatable bonds is 1. The van der Waals surface area contributed by atoms with E-state index in [1.165, 1.54) is 17.7 Å². The van der Waals surface area contributed by atoms with Crippen molar-refractivity contribution in [3.63, 3.8) is 0 Å². The van der Waals surface area contributed by atoms with E-state index in [9.17, 15) is 8.42 Å². The van der Waals surface area contributed by atoms with Crippen molar-refractivity contribution in [3.8, 4) is 0 Å². The molecule has 0 atom stereocenters. The summed E-state index contributed by atoms with van der Waals surface area (Å²) in [7, 11) is -2.83. The highest BCUT2D eigenvalue weighted by atomic mass is 32.2. The summed E-state index contributed by atoms with van der Waals surface area (Å²) in [6.07, 6.45) is 3.05. The van der Waals surface area contributed by atoms with E-state index in [0.29, 0.717) is 12.3 Å². The summed E-state index contributed by atoms with van der Waals surface area (Å²) in [6.45, 7) is 2.48. The third-order valence-corrected chi connectivity index (χ3v) is 5.67. The average molecular weight is 280 g/mol. The van der Waals surface area contributed by atoms with Crippen molar-refractivity contribution in [3.05, 3.63) is 23.8 Å². The summed E-state index contributed by atoms with van der Waals surface area (Å²) in [5, 5.41) is 3.43. The molecule has 5 heteroatoms. The van der Waals surface area contributed by atoms with Crippen LogP contribution in [0, 0.1) is 0 Å². The van der Waals surface area contributed by atoms with Crippen LogP contribution in [0.25, 0.3) is 0 Å². The van der Waals surface area contributed by atoms with E-state index in [2.05, 4.69) is 28.4 Å². The van der Waals surface area contributed by atoms with Crippen molar-refractivity contribution < 1.29 is 8.42 Å². The lowest BCUT2D eigenvalue weighted by Crippen LogP contribution is -2.27. The highest BCUT2D eigenvalue weighted by molar-refractivity contribution is 7.91. The van der Waals surface area contributed by atoms with E-state index in [1.54, 1.807) is 0 Å². The lowest BCUT2D eigenvalue weighted by molar-refractivity contribution is 0.597. The summed E-state index contributed by atoms with van der Waals surface area (Å²) in [4.78, 5) is 2.20. The maximum absolute atomic E-state index is 11.6. The Morgan fingerprint density at radius 1 is 1.11 bits per heavy atom. The van der Waals surface area contributed by atoms with Crippen molar-refractivity contribution in [1.29, 1.82) is 0 Å². The van der Waals surface area contributed by atoms with Gasteiger partial charge in [-0.25, -0.2) is 8.42 Å². The summed E-state index contributed by atoms with van der Waals surface area (Å²) in [5.41, 5.74) is 3.73. The first-order valence-corrected chi connectivity index (χ1v) is 8.78. The van der Waals surface area contributed by atoms with Gasteiger partial charge >= 0.3 is 0 Å². The van der Waals surface area contributed by atoms with Crippen LogP contribution in [0.3, 0.4) is 0 Å². The molecule has 0 spiro atoms. The van der Waals surface area contributed by atoms with Crippen molar-refractivity contribution >= 4 is 21.2 Å². The van der Waals surface area contributed by atoms with Gasteiger partial charge in [0.05, 0.1) is 11.5 Å². The molecule has 0 saturated carbocycles. The van der Waals surface area contributed by atoms with Gasteiger partial charge in [-0.3, -0.25) is 0 Å². The van der Waals surface area contributed by atoms with Gasteiger partial charge in [-0.1, -0.05) is 6.07 Å². The minimum atomic E-state index is -2.83. The van der Waals surface area contributed by atoms with E-state index in [-0.39, 0.29) is 5.75 Å². The first kappa shape index (κ1) is 12.8. The SMILES string of the molecule is O=S1(=O)CCCN(c2ccc3c(c2)NCCC3)CC1. The topological polar surface area (TPSA) is 49.4 Å². The van der Waals surface area contributed by atoms with E-state index in [1.807, 2.05) is 0 Å². The van der Waals surface area contributed by atoms with Gasteiger partial charge in [0.15, 0.2) is 9.84 Å². The minimum Gasteiger partial charge on any atom is -0.385 e. The Balaban J connectivity index is 1.82. The molecule has 0 aliphatic carbocycles. The van der Waals surface area contributed by atoms with Gasteiger partial charge in [-0.15, -0.1) is 0 Å². The number of hydrogen-bond donors (Lipinski definition) is 1. The molecule has 3 rings (SSSR count). The smallest absolute Gasteiger partial charge is 0.152 e. The number of hydrogen-bond acceptors (Lipinski definition) is 4. The van der Waals surface area contributed by atoms with Crippen LogP contribution in [0.2, 0.25) is 0 Å². The predicted molar refractivity (Wildman–Crippen MR) is 78.7 cm³/mol. The van der Waals surface area contributed by atoms with Crippen molar-refractivity contribution in [2.45, 2.75) is 19.3 Å². The number of nitrogens with zero attached hydrogens (tertiary/aromatic N) is 1. The summed E-state index contributed by atoms with van der Waals surface area (Å²) >= 11 is 0. The number of benzene rings is 1. The molecule has 19 heavy (non-hydrogen) atoms. The van der Waals surface area contributed by atoms with Crippen LogP contribution in [-0.4, -0.2) is 39.6 Å². The molecule has 104 valence electrons. The third-order valence-electron chi connectivity index (χ3n) is 3.95. The maximum Gasteiger partial charge on any atom is 0.152 e. The second-order valence-corrected chi connectivity index (χ2v) is 7.67. The Labute approximate surface area is 114 Å². The normalized spacial score (nSPS) is 22.2. The molecule has 2 aliphatic rings. The van der Waals surface area contributed by atoms with Crippen LogP contribution >= 0.6 is 0 Å². The van der Waals surface area contributed by atoms with E-state index in [0.717, 1.165) is 31.6 Å². The Hall–Kier alpha value is -1.23. The monoisotopic (exact) mass is 280 g/mol. The lowest BCUT2D eigenvalue weighted by atomic mass is 10.0. The molecule has 1 fully saturated rings. The quantitative estimate of drug-likeness (QED) is 0.850. The summed E-state index contributed by atoms with van der Waals surface area (Å²) in [6, 6.07) is 6.48. The molecule has 2 heterocycles. The molecule has 1 aromatic rings. The van der Waals surface area contributed by atoms with Crippen LogP contribution in [-0.2, 0) is 16.3 Å². The Morgan fingerprint density at radius 3 is 2.89 bits per heavy atom. The van der Waals surface area contributed by atoms with Crippen molar-refractivity contribution in [2.24, 2.45) is 0 Å². The molecule has 1 aromatic carbocycles. The molecule has 1 saturated heterocycles. The molecular formula is C14H20N2O2S. The van der Waals surface area contributed by atoms with Crippen LogP contribution in [0.4, 0.5) is 11.4 Å². The summed E-state index contributed by atoms with van der Waals surface area (Å²) in [5.74, 6) is 0.601. The fraction of sp³-hybridized carbons (Fsp3) is 0.571. The maximum atomic E-state index is 11.6. The van der Waals surface area contributed by atoms with Crippen LogP contribution in [0.15, 0.2) is 18.2 Å². The molecule has 1 N–H and O–H groups in total. The lowest BCUT2D eigenvalue weighted by Gasteiger charge is -2.25. The minimum absolute atomic E-state index is 0.275.